The highest BCUT2D eigenvalue weighted by Crippen LogP contribution is 2.18. The van der Waals surface area contributed by atoms with Gasteiger partial charge < -0.3 is 9.84 Å². The van der Waals surface area contributed by atoms with Crippen molar-refractivity contribution in [2.45, 2.75) is 33.7 Å². The van der Waals surface area contributed by atoms with E-state index in [0.29, 0.717) is 16.9 Å². The Labute approximate surface area is 138 Å². The summed E-state index contributed by atoms with van der Waals surface area (Å²) >= 11 is 0. The Morgan fingerprint density at radius 2 is 1.96 bits per heavy atom. The molecule has 0 bridgehead atoms. The Hall–Kier alpha value is -2.96. The maximum Gasteiger partial charge on any atom is 0.267 e. The molecule has 0 radical (unpaired) electrons. The molecule has 1 aromatic carbocycles. The van der Waals surface area contributed by atoms with Crippen LogP contribution in [0, 0.1) is 20.8 Å². The standard InChI is InChI=1S/C17H18N4O3/c1-9-7-5-6-8-13(9)19-15(22)11(3)21-12(4)18-16-14(17(21)23)10(2)20-24-16/h5-8,11H,1-4H3,(H,19,22)/t11-/m0/s1. The van der Waals surface area contributed by atoms with Gasteiger partial charge in [0.1, 0.15) is 17.3 Å². The summed E-state index contributed by atoms with van der Waals surface area (Å²) in [6.07, 6.45) is 0. The zero-order chi connectivity index (χ0) is 17.4. The van der Waals surface area contributed by atoms with Crippen LogP contribution in [-0.4, -0.2) is 20.6 Å². The first-order valence-corrected chi connectivity index (χ1v) is 7.61. The lowest BCUT2D eigenvalue weighted by Gasteiger charge is -2.17. The molecule has 1 amide bonds. The number of benzene rings is 1. The summed E-state index contributed by atoms with van der Waals surface area (Å²) in [5.41, 5.74) is 1.99. The summed E-state index contributed by atoms with van der Waals surface area (Å²) in [5.74, 6) is 0.112. The molecule has 1 N–H and O–H groups in total. The second-order valence-electron chi connectivity index (χ2n) is 5.76. The highest BCUT2D eigenvalue weighted by Gasteiger charge is 2.23. The minimum Gasteiger partial charge on any atom is -0.335 e. The van der Waals surface area contributed by atoms with Crippen molar-refractivity contribution in [3.8, 4) is 0 Å². The minimum absolute atomic E-state index is 0.192. The number of hydrogen-bond acceptors (Lipinski definition) is 5. The van der Waals surface area contributed by atoms with Crippen LogP contribution in [0.25, 0.3) is 11.1 Å². The molecule has 0 aliphatic rings. The topological polar surface area (TPSA) is 90.0 Å². The second-order valence-corrected chi connectivity index (χ2v) is 5.76. The Kier molecular flexibility index (Phi) is 3.92. The van der Waals surface area contributed by atoms with E-state index in [0.717, 1.165) is 11.3 Å². The van der Waals surface area contributed by atoms with Crippen molar-refractivity contribution in [2.75, 3.05) is 5.32 Å². The molecule has 124 valence electrons. The second kappa shape index (κ2) is 5.92. The van der Waals surface area contributed by atoms with Gasteiger partial charge >= 0.3 is 0 Å². The first-order chi connectivity index (χ1) is 11.4. The van der Waals surface area contributed by atoms with Crippen LogP contribution in [-0.2, 0) is 4.79 Å². The summed E-state index contributed by atoms with van der Waals surface area (Å²) in [6.45, 7) is 6.91. The summed E-state index contributed by atoms with van der Waals surface area (Å²) < 4.78 is 6.40. The molecule has 3 rings (SSSR count). The first-order valence-electron chi connectivity index (χ1n) is 7.61. The van der Waals surface area contributed by atoms with Crippen LogP contribution >= 0.6 is 0 Å². The van der Waals surface area contributed by atoms with E-state index >= 15 is 0 Å². The lowest BCUT2D eigenvalue weighted by Crippen LogP contribution is -2.34. The molecule has 3 aromatic rings. The molecule has 0 unspecified atom stereocenters. The number of carbonyl (C=O) groups is 1. The van der Waals surface area contributed by atoms with Gasteiger partial charge in [-0.1, -0.05) is 23.4 Å². The van der Waals surface area contributed by atoms with Gasteiger partial charge in [-0.3, -0.25) is 14.2 Å². The number of nitrogens with zero attached hydrogens (tertiary/aromatic N) is 3. The van der Waals surface area contributed by atoms with Crippen LogP contribution in [0.2, 0.25) is 0 Å². The van der Waals surface area contributed by atoms with Crippen LogP contribution in [0.5, 0.6) is 0 Å². The largest absolute Gasteiger partial charge is 0.335 e. The lowest BCUT2D eigenvalue weighted by atomic mass is 10.2. The van der Waals surface area contributed by atoms with Crippen LogP contribution in [0.1, 0.15) is 30.0 Å². The number of nitrogens with one attached hydrogen (secondary N) is 1. The molecule has 0 aliphatic heterocycles. The summed E-state index contributed by atoms with van der Waals surface area (Å²) in [7, 11) is 0. The maximum absolute atomic E-state index is 12.7. The number of para-hydroxylation sites is 1. The number of hydrogen-bond donors (Lipinski definition) is 1. The van der Waals surface area contributed by atoms with Gasteiger partial charge in [0.15, 0.2) is 0 Å². The number of fused-ring (bicyclic) bond motifs is 1. The normalized spacial score (nSPS) is 12.3. The SMILES string of the molecule is Cc1ccccc1NC(=O)[C@H](C)n1c(C)nc2onc(C)c2c1=O. The maximum atomic E-state index is 12.7. The van der Waals surface area contributed by atoms with Crippen LogP contribution in [0.3, 0.4) is 0 Å². The highest BCUT2D eigenvalue weighted by molar-refractivity contribution is 5.94. The summed E-state index contributed by atoms with van der Waals surface area (Å²) in [6, 6.07) is 6.75. The fraction of sp³-hybridized carbons (Fsp3) is 0.294. The van der Waals surface area contributed by atoms with Crippen molar-refractivity contribution < 1.29 is 9.32 Å². The number of anilines is 1. The third-order valence-corrected chi connectivity index (χ3v) is 4.06. The molecular weight excluding hydrogens is 308 g/mol. The van der Waals surface area contributed by atoms with Gasteiger partial charge in [-0.2, -0.15) is 4.98 Å². The summed E-state index contributed by atoms with van der Waals surface area (Å²) in [5, 5.41) is 6.93. The van der Waals surface area contributed by atoms with Gasteiger partial charge in [0.2, 0.25) is 5.91 Å². The Morgan fingerprint density at radius 1 is 1.25 bits per heavy atom. The third-order valence-electron chi connectivity index (χ3n) is 4.06. The van der Waals surface area contributed by atoms with Gasteiger partial charge in [0, 0.05) is 5.69 Å². The van der Waals surface area contributed by atoms with Crippen LogP contribution < -0.4 is 10.9 Å². The predicted molar refractivity (Wildman–Crippen MR) is 90.1 cm³/mol. The van der Waals surface area contributed by atoms with Crippen LogP contribution in [0.15, 0.2) is 33.6 Å². The van der Waals surface area contributed by atoms with E-state index in [2.05, 4.69) is 15.5 Å². The van der Waals surface area contributed by atoms with Crippen molar-refractivity contribution >= 4 is 22.7 Å². The summed E-state index contributed by atoms with van der Waals surface area (Å²) in [4.78, 5) is 29.6. The van der Waals surface area contributed by atoms with Crippen molar-refractivity contribution in [1.82, 2.24) is 14.7 Å². The van der Waals surface area contributed by atoms with Gasteiger partial charge in [-0.05, 0) is 39.3 Å². The van der Waals surface area contributed by atoms with Gasteiger partial charge in [-0.25, -0.2) is 0 Å². The molecule has 0 fully saturated rings. The first kappa shape index (κ1) is 15.9. The molecule has 0 saturated heterocycles. The predicted octanol–water partition coefficient (Wildman–Crippen LogP) is 2.51. The minimum atomic E-state index is -0.719. The van der Waals surface area contributed by atoms with E-state index in [1.807, 2.05) is 31.2 Å². The van der Waals surface area contributed by atoms with Gasteiger partial charge in [0.25, 0.3) is 11.3 Å². The Balaban J connectivity index is 2.01. The monoisotopic (exact) mass is 326 g/mol. The molecule has 7 heteroatoms. The van der Waals surface area contributed by atoms with Gasteiger partial charge in [0.05, 0.1) is 5.69 Å². The number of amides is 1. The third kappa shape index (κ3) is 2.58. The molecule has 2 aromatic heterocycles. The fourth-order valence-corrected chi connectivity index (χ4v) is 2.67. The molecule has 2 heterocycles. The molecule has 7 nitrogen and oxygen atoms in total. The molecule has 0 spiro atoms. The molecule has 1 atom stereocenters. The van der Waals surface area contributed by atoms with Crippen molar-refractivity contribution in [1.29, 1.82) is 0 Å². The van der Waals surface area contributed by atoms with E-state index in [1.54, 1.807) is 20.8 Å². The zero-order valence-corrected chi connectivity index (χ0v) is 14.0. The van der Waals surface area contributed by atoms with E-state index in [-0.39, 0.29) is 17.2 Å². The number of aryl methyl sites for hydroxylation is 3. The number of aromatic nitrogens is 3. The lowest BCUT2D eigenvalue weighted by molar-refractivity contribution is -0.118. The number of rotatable bonds is 3. The smallest absolute Gasteiger partial charge is 0.267 e. The molecule has 0 aliphatic carbocycles. The van der Waals surface area contributed by atoms with E-state index in [9.17, 15) is 9.59 Å². The quantitative estimate of drug-likeness (QED) is 0.798. The van der Waals surface area contributed by atoms with E-state index in [4.69, 9.17) is 4.52 Å². The van der Waals surface area contributed by atoms with Crippen molar-refractivity contribution in [2.24, 2.45) is 0 Å². The molecule has 0 saturated carbocycles. The van der Waals surface area contributed by atoms with Gasteiger partial charge in [-0.15, -0.1) is 0 Å². The molecule has 24 heavy (non-hydrogen) atoms. The highest BCUT2D eigenvalue weighted by atomic mass is 16.5. The molecular formula is C17H18N4O3. The van der Waals surface area contributed by atoms with Crippen LogP contribution in [0.4, 0.5) is 5.69 Å². The zero-order valence-electron chi connectivity index (χ0n) is 14.0. The average molecular weight is 326 g/mol. The Morgan fingerprint density at radius 3 is 2.67 bits per heavy atom. The van der Waals surface area contributed by atoms with Crippen molar-refractivity contribution in [3.63, 3.8) is 0 Å². The number of carbonyl (C=O) groups excluding carboxylic acids is 1. The average Bonchev–Trinajstić information content (AvgIpc) is 2.90. The Bertz CT molecular complexity index is 987. The fourth-order valence-electron chi connectivity index (χ4n) is 2.67. The van der Waals surface area contributed by atoms with Crippen molar-refractivity contribution in [3.05, 3.63) is 51.7 Å². The van der Waals surface area contributed by atoms with E-state index < -0.39 is 6.04 Å². The van der Waals surface area contributed by atoms with E-state index in [1.165, 1.54) is 4.57 Å².